The molecule has 2 N–H and O–H groups in total. The molecular formula is C26H22N2O5. The van der Waals surface area contributed by atoms with Gasteiger partial charge in [-0.1, -0.05) is 48.5 Å². The fourth-order valence-corrected chi connectivity index (χ4v) is 3.67. The molecule has 7 heteroatoms. The average Bonchev–Trinajstić information content (AvgIpc) is 2.87. The first kappa shape index (κ1) is 21.8. The number of hydrogen-bond donors (Lipinski definition) is 2. The maximum Gasteiger partial charge on any atom is 0.272 e. The Bertz CT molecular complexity index is 1360. The van der Waals surface area contributed by atoms with Gasteiger partial charge in [0.1, 0.15) is 11.4 Å². The van der Waals surface area contributed by atoms with E-state index in [1.54, 1.807) is 49.6 Å². The Morgan fingerprint density at radius 1 is 0.818 bits per heavy atom. The summed E-state index contributed by atoms with van der Waals surface area (Å²) >= 11 is 0. The lowest BCUT2D eigenvalue weighted by Crippen LogP contribution is -2.34. The molecule has 7 nitrogen and oxygen atoms in total. The molecule has 0 saturated heterocycles. The Balaban J connectivity index is 1.72. The van der Waals surface area contributed by atoms with E-state index >= 15 is 0 Å². The molecule has 0 aliphatic rings. The summed E-state index contributed by atoms with van der Waals surface area (Å²) < 4.78 is 10.5. The summed E-state index contributed by atoms with van der Waals surface area (Å²) in [6.07, 6.45) is 0. The smallest absolute Gasteiger partial charge is 0.272 e. The molecule has 0 heterocycles. The first-order valence-corrected chi connectivity index (χ1v) is 10.3. The highest BCUT2D eigenvalue weighted by Gasteiger charge is 2.24. The fraction of sp³-hybridized carbons (Fsp3) is 0.115. The predicted octanol–water partition coefficient (Wildman–Crippen LogP) is 3.56. The first-order valence-electron chi connectivity index (χ1n) is 10.3. The van der Waals surface area contributed by atoms with Crippen LogP contribution in [0.1, 0.15) is 27.5 Å². The second kappa shape index (κ2) is 9.40. The minimum Gasteiger partial charge on any atom is -0.496 e. The van der Waals surface area contributed by atoms with Crippen molar-refractivity contribution in [3.8, 4) is 11.5 Å². The molecule has 0 fully saturated rings. The minimum atomic E-state index is -0.654. The van der Waals surface area contributed by atoms with Gasteiger partial charge < -0.3 is 20.1 Å². The summed E-state index contributed by atoms with van der Waals surface area (Å²) in [5.74, 6) is 0.386. The van der Waals surface area contributed by atoms with Crippen LogP contribution in [0.25, 0.3) is 0 Å². The normalized spacial score (nSPS) is 11.6. The van der Waals surface area contributed by atoms with Gasteiger partial charge in [-0.15, -0.1) is 0 Å². The predicted molar refractivity (Wildman–Crippen MR) is 126 cm³/mol. The van der Waals surface area contributed by atoms with Crippen LogP contribution in [0.2, 0.25) is 0 Å². The van der Waals surface area contributed by atoms with Crippen molar-refractivity contribution < 1.29 is 14.3 Å². The SMILES string of the molecule is COc1ccccc1C(NC(=O)c1ccccc1)c1cccc(Nc2c(OC)c(=O)c2=O)c1. The van der Waals surface area contributed by atoms with Crippen LogP contribution in [0, 0.1) is 0 Å². The van der Waals surface area contributed by atoms with Crippen LogP contribution in [0.5, 0.6) is 11.5 Å². The van der Waals surface area contributed by atoms with E-state index in [-0.39, 0.29) is 17.3 Å². The molecule has 0 aromatic heterocycles. The molecule has 1 amide bonds. The standard InChI is InChI=1S/C26H22N2O5/c1-32-20-14-7-6-13-19(20)21(28-26(31)16-9-4-3-5-10-16)17-11-8-12-18(15-17)27-22-23(29)24(30)25(22)33-2/h3-15,21,27H,1-2H3,(H,28,31). The Kier molecular flexibility index (Phi) is 6.22. The molecule has 166 valence electrons. The number of methoxy groups -OCH3 is 2. The van der Waals surface area contributed by atoms with Crippen LogP contribution in [-0.2, 0) is 0 Å². The summed E-state index contributed by atoms with van der Waals surface area (Å²) in [5.41, 5.74) is 1.46. The largest absolute Gasteiger partial charge is 0.496 e. The van der Waals surface area contributed by atoms with Gasteiger partial charge in [0.05, 0.1) is 20.3 Å². The number of benzene rings is 3. The van der Waals surface area contributed by atoms with Gasteiger partial charge in [-0.2, -0.15) is 0 Å². The van der Waals surface area contributed by atoms with Crippen LogP contribution >= 0.6 is 0 Å². The minimum absolute atomic E-state index is 0.00376. The van der Waals surface area contributed by atoms with E-state index in [1.807, 2.05) is 36.4 Å². The fourth-order valence-electron chi connectivity index (χ4n) is 3.67. The zero-order valence-corrected chi connectivity index (χ0v) is 18.1. The van der Waals surface area contributed by atoms with E-state index < -0.39 is 16.9 Å². The molecule has 1 unspecified atom stereocenters. The van der Waals surface area contributed by atoms with Crippen molar-refractivity contribution in [2.75, 3.05) is 19.5 Å². The zero-order valence-electron chi connectivity index (χ0n) is 18.1. The maximum atomic E-state index is 13.0. The van der Waals surface area contributed by atoms with Crippen molar-refractivity contribution in [3.63, 3.8) is 0 Å². The van der Waals surface area contributed by atoms with Crippen molar-refractivity contribution >= 4 is 17.3 Å². The summed E-state index contributed by atoms with van der Waals surface area (Å²) in [4.78, 5) is 36.6. The number of para-hydroxylation sites is 1. The zero-order chi connectivity index (χ0) is 23.4. The molecular weight excluding hydrogens is 420 g/mol. The molecule has 0 aliphatic heterocycles. The van der Waals surface area contributed by atoms with Gasteiger partial charge >= 0.3 is 0 Å². The van der Waals surface area contributed by atoms with Gasteiger partial charge in [-0.3, -0.25) is 14.4 Å². The molecule has 4 aromatic rings. The Hall–Kier alpha value is -4.39. The number of hydrogen-bond acceptors (Lipinski definition) is 6. The molecule has 0 bridgehead atoms. The van der Waals surface area contributed by atoms with Gasteiger partial charge in [0.2, 0.25) is 0 Å². The maximum absolute atomic E-state index is 13.0. The highest BCUT2D eigenvalue weighted by atomic mass is 16.5. The van der Waals surface area contributed by atoms with Crippen LogP contribution in [0.3, 0.4) is 0 Å². The van der Waals surface area contributed by atoms with Gasteiger partial charge in [-0.25, -0.2) is 0 Å². The number of rotatable bonds is 8. The van der Waals surface area contributed by atoms with Gasteiger partial charge in [0.25, 0.3) is 16.8 Å². The van der Waals surface area contributed by atoms with Crippen molar-refractivity contribution in [1.29, 1.82) is 0 Å². The van der Waals surface area contributed by atoms with E-state index in [9.17, 15) is 14.4 Å². The highest BCUT2D eigenvalue weighted by molar-refractivity contribution is 5.94. The number of carbonyl (C=O) groups is 1. The highest BCUT2D eigenvalue weighted by Crippen LogP contribution is 2.32. The molecule has 0 spiro atoms. The van der Waals surface area contributed by atoms with Crippen LogP contribution < -0.4 is 31.0 Å². The van der Waals surface area contributed by atoms with E-state index in [4.69, 9.17) is 9.47 Å². The van der Waals surface area contributed by atoms with Gasteiger partial charge in [-0.05, 0) is 35.9 Å². The first-order chi connectivity index (χ1) is 16.0. The Morgan fingerprint density at radius 2 is 1.55 bits per heavy atom. The van der Waals surface area contributed by atoms with Crippen molar-refractivity contribution in [2.45, 2.75) is 6.04 Å². The van der Waals surface area contributed by atoms with Crippen LogP contribution in [-0.4, -0.2) is 20.1 Å². The molecule has 0 radical (unpaired) electrons. The molecule has 4 rings (SSSR count). The topological polar surface area (TPSA) is 93.7 Å². The van der Waals surface area contributed by atoms with Crippen molar-refractivity contribution in [1.82, 2.24) is 5.32 Å². The number of ether oxygens (including phenoxy) is 2. The third-order valence-corrected chi connectivity index (χ3v) is 5.32. The quantitative estimate of drug-likeness (QED) is 0.405. The third kappa shape index (κ3) is 4.34. The summed E-state index contributed by atoms with van der Waals surface area (Å²) in [5, 5.41) is 6.04. The van der Waals surface area contributed by atoms with E-state index in [2.05, 4.69) is 10.6 Å². The Morgan fingerprint density at radius 3 is 2.27 bits per heavy atom. The number of nitrogens with one attached hydrogen (secondary N) is 2. The summed E-state index contributed by atoms with van der Waals surface area (Å²) in [6.45, 7) is 0. The average molecular weight is 442 g/mol. The molecule has 0 aliphatic carbocycles. The Labute approximate surface area is 190 Å². The van der Waals surface area contributed by atoms with Gasteiger partial charge in [0, 0.05) is 16.8 Å². The molecule has 33 heavy (non-hydrogen) atoms. The lowest BCUT2D eigenvalue weighted by molar-refractivity contribution is 0.0942. The number of amides is 1. The second-order valence-electron chi connectivity index (χ2n) is 7.33. The van der Waals surface area contributed by atoms with Crippen LogP contribution in [0.4, 0.5) is 11.4 Å². The molecule has 0 saturated carbocycles. The van der Waals surface area contributed by atoms with Gasteiger partial charge in [0.15, 0.2) is 5.75 Å². The summed E-state index contributed by atoms with van der Waals surface area (Å²) in [7, 11) is 2.92. The molecule has 1 atom stereocenters. The second-order valence-corrected chi connectivity index (χ2v) is 7.33. The third-order valence-electron chi connectivity index (χ3n) is 5.32. The number of anilines is 2. The van der Waals surface area contributed by atoms with E-state index in [0.717, 1.165) is 11.1 Å². The number of carbonyl (C=O) groups excluding carboxylic acids is 1. The monoisotopic (exact) mass is 442 g/mol. The lowest BCUT2D eigenvalue weighted by Gasteiger charge is -2.23. The van der Waals surface area contributed by atoms with Crippen molar-refractivity contribution in [2.24, 2.45) is 0 Å². The van der Waals surface area contributed by atoms with Crippen molar-refractivity contribution in [3.05, 3.63) is 116 Å². The van der Waals surface area contributed by atoms with E-state index in [0.29, 0.717) is 17.0 Å². The van der Waals surface area contributed by atoms with Crippen LogP contribution in [0.15, 0.2) is 88.5 Å². The van der Waals surface area contributed by atoms with E-state index in [1.165, 1.54) is 7.11 Å². The lowest BCUT2D eigenvalue weighted by atomic mass is 9.96. The molecule has 4 aromatic carbocycles. The summed E-state index contributed by atoms with van der Waals surface area (Å²) in [6, 6.07) is 23.1.